The van der Waals surface area contributed by atoms with Crippen LogP contribution in [0.5, 0.6) is 0 Å². The van der Waals surface area contributed by atoms with Crippen LogP contribution in [0.2, 0.25) is 5.02 Å². The predicted molar refractivity (Wildman–Crippen MR) is 149 cm³/mol. The summed E-state index contributed by atoms with van der Waals surface area (Å²) in [7, 11) is 0. The summed E-state index contributed by atoms with van der Waals surface area (Å²) in [6.45, 7) is 0.0815. The molecular weight excluding hydrogens is 566 g/mol. The van der Waals surface area contributed by atoms with Gasteiger partial charge in [-0.2, -0.15) is 4.41 Å². The van der Waals surface area contributed by atoms with Crippen molar-refractivity contribution in [2.45, 2.75) is 63.1 Å². The first-order valence-corrected chi connectivity index (χ1v) is 15.1. The monoisotopic (exact) mass is 597 g/mol. The molecule has 0 radical (unpaired) electrons. The Morgan fingerprint density at radius 2 is 1.79 bits per heavy atom. The van der Waals surface area contributed by atoms with Crippen LogP contribution < -0.4 is 15.6 Å². The van der Waals surface area contributed by atoms with Crippen LogP contribution in [0, 0.1) is 11.7 Å². The molecule has 0 saturated heterocycles. The van der Waals surface area contributed by atoms with E-state index in [1.165, 1.54) is 23.1 Å². The highest BCUT2D eigenvalue weighted by atomic mass is 35.5. The zero-order valence-corrected chi connectivity index (χ0v) is 23.7. The maximum Gasteiger partial charge on any atom is 0.248 e. The molecule has 0 bridgehead atoms. The lowest BCUT2D eigenvalue weighted by molar-refractivity contribution is -0.131. The average Bonchev–Trinajstić information content (AvgIpc) is 2.89. The number of anilines is 1. The van der Waals surface area contributed by atoms with Gasteiger partial charge in [-0.25, -0.2) is 9.82 Å². The highest BCUT2D eigenvalue weighted by Gasteiger charge is 2.43. The molecule has 212 valence electrons. The third-order valence-corrected chi connectivity index (χ3v) is 8.42. The van der Waals surface area contributed by atoms with Crippen LogP contribution in [-0.4, -0.2) is 49.5 Å². The molecule has 2 saturated carbocycles. The number of amides is 2. The predicted octanol–water partition coefficient (Wildman–Crippen LogP) is 4.62. The summed E-state index contributed by atoms with van der Waals surface area (Å²) in [5.74, 6) is -1.69. The topological polar surface area (TPSA) is 105 Å². The second-order valence-electron chi connectivity index (χ2n) is 9.96. The van der Waals surface area contributed by atoms with Gasteiger partial charge in [0.05, 0.1) is 0 Å². The Hall–Kier alpha value is -2.08. The molecule has 39 heavy (non-hydrogen) atoms. The third-order valence-electron chi connectivity index (χ3n) is 7.26. The Labute approximate surface area is 240 Å². The molecule has 4 rings (SSSR count). The summed E-state index contributed by atoms with van der Waals surface area (Å²) in [6.07, 6.45) is 5.52. The molecule has 2 aliphatic rings. The standard InChI is InChI=1S/C27H33Cl2FN4O4S/c28-13-14-33(39(37)38)32-21-15-18(16-21)27(36)34(22-10-6-7-19(30)17-22)25(23-11-4-5-12-24(23)29)26(35)31-20-8-2-1-3-9-20/h4-7,10-12,17-18,20-21,25,32H,1-3,8-9,13-16H2,(H,31,35)(H,37,38)/p-1. The Kier molecular flexibility index (Phi) is 10.7. The van der Waals surface area contributed by atoms with Gasteiger partial charge in [-0.1, -0.05) is 55.1 Å². The molecule has 0 aliphatic heterocycles. The van der Waals surface area contributed by atoms with Gasteiger partial charge < -0.3 is 9.87 Å². The molecule has 2 unspecified atom stereocenters. The molecule has 2 atom stereocenters. The van der Waals surface area contributed by atoms with E-state index in [1.54, 1.807) is 30.3 Å². The van der Waals surface area contributed by atoms with Crippen LogP contribution in [0.15, 0.2) is 48.5 Å². The van der Waals surface area contributed by atoms with E-state index in [9.17, 15) is 22.7 Å². The molecular formula is C27H32Cl2FN4O4S-. The van der Waals surface area contributed by atoms with E-state index in [0.29, 0.717) is 23.4 Å². The van der Waals surface area contributed by atoms with E-state index in [-0.39, 0.29) is 42.0 Å². The van der Waals surface area contributed by atoms with Gasteiger partial charge in [-0.15, -0.1) is 11.6 Å². The van der Waals surface area contributed by atoms with Crippen LogP contribution in [0.4, 0.5) is 10.1 Å². The molecule has 2 amide bonds. The number of nitrogens with one attached hydrogen (secondary N) is 2. The van der Waals surface area contributed by atoms with Gasteiger partial charge >= 0.3 is 0 Å². The van der Waals surface area contributed by atoms with Gasteiger partial charge in [0.25, 0.3) is 0 Å². The van der Waals surface area contributed by atoms with Crippen molar-refractivity contribution in [3.05, 3.63) is 64.9 Å². The Bertz CT molecular complexity index is 1180. The normalized spacial score (nSPS) is 21.2. The first kappa shape index (κ1) is 29.9. The third kappa shape index (κ3) is 7.56. The zero-order valence-electron chi connectivity index (χ0n) is 21.4. The van der Waals surface area contributed by atoms with Crippen molar-refractivity contribution < 1.29 is 22.7 Å². The largest absolute Gasteiger partial charge is 0.759 e. The van der Waals surface area contributed by atoms with Crippen molar-refractivity contribution in [1.82, 2.24) is 15.2 Å². The van der Waals surface area contributed by atoms with Crippen LogP contribution in [0.25, 0.3) is 0 Å². The molecule has 2 fully saturated rings. The lowest BCUT2D eigenvalue weighted by Gasteiger charge is -2.42. The number of hydrazine groups is 1. The van der Waals surface area contributed by atoms with Gasteiger partial charge in [-0.05, 0) is 49.9 Å². The van der Waals surface area contributed by atoms with Crippen molar-refractivity contribution in [1.29, 1.82) is 0 Å². The van der Waals surface area contributed by atoms with Crippen molar-refractivity contribution >= 4 is 52.0 Å². The fraction of sp³-hybridized carbons (Fsp3) is 0.481. The first-order chi connectivity index (χ1) is 18.8. The maximum absolute atomic E-state index is 14.4. The first-order valence-electron chi connectivity index (χ1n) is 13.1. The van der Waals surface area contributed by atoms with E-state index in [0.717, 1.165) is 36.5 Å². The second-order valence-corrected chi connectivity index (χ2v) is 11.6. The molecule has 0 aromatic heterocycles. The van der Waals surface area contributed by atoms with Crippen LogP contribution in [-0.2, 0) is 20.9 Å². The smallest absolute Gasteiger partial charge is 0.248 e. The van der Waals surface area contributed by atoms with Gasteiger partial charge in [-0.3, -0.25) is 18.7 Å². The number of carbonyl (C=O) groups is 2. The van der Waals surface area contributed by atoms with Crippen molar-refractivity contribution in [2.24, 2.45) is 5.92 Å². The lowest BCUT2D eigenvalue weighted by atomic mass is 9.79. The molecule has 0 spiro atoms. The number of hydrogen-bond donors (Lipinski definition) is 2. The van der Waals surface area contributed by atoms with Crippen LogP contribution in [0.1, 0.15) is 56.6 Å². The summed E-state index contributed by atoms with van der Waals surface area (Å²) < 4.78 is 38.3. The summed E-state index contributed by atoms with van der Waals surface area (Å²) in [5, 5.41) is 3.43. The SMILES string of the molecule is O=C(NC1CCCCC1)C(c1ccccc1Cl)N(C(=O)C1CC(NN(CCCl)S(=O)[O-])C1)c1cccc(F)c1. The molecule has 2 N–H and O–H groups in total. The van der Waals surface area contributed by atoms with E-state index < -0.39 is 29.0 Å². The Balaban J connectivity index is 1.64. The zero-order chi connectivity index (χ0) is 27.9. The molecule has 2 aliphatic carbocycles. The van der Waals surface area contributed by atoms with Gasteiger partial charge in [0.2, 0.25) is 11.8 Å². The Morgan fingerprint density at radius 3 is 2.44 bits per heavy atom. The molecule has 8 nitrogen and oxygen atoms in total. The van der Waals surface area contributed by atoms with Crippen molar-refractivity contribution in [2.75, 3.05) is 17.3 Å². The summed E-state index contributed by atoms with van der Waals surface area (Å²) >= 11 is 9.74. The number of alkyl halides is 1. The number of halogens is 3. The van der Waals surface area contributed by atoms with E-state index in [1.807, 2.05) is 0 Å². The molecule has 2 aromatic carbocycles. The average molecular weight is 599 g/mol. The number of rotatable bonds is 11. The van der Waals surface area contributed by atoms with Crippen LogP contribution in [0.3, 0.4) is 0 Å². The van der Waals surface area contributed by atoms with Gasteiger partial charge in [0, 0.05) is 58.0 Å². The summed E-state index contributed by atoms with van der Waals surface area (Å²) in [6, 6.07) is 11.0. The minimum atomic E-state index is -2.52. The van der Waals surface area contributed by atoms with Gasteiger partial charge in [0.1, 0.15) is 11.9 Å². The van der Waals surface area contributed by atoms with E-state index >= 15 is 0 Å². The van der Waals surface area contributed by atoms with Crippen LogP contribution >= 0.6 is 23.2 Å². The maximum atomic E-state index is 14.4. The van der Waals surface area contributed by atoms with E-state index in [4.69, 9.17) is 23.2 Å². The fourth-order valence-electron chi connectivity index (χ4n) is 5.24. The van der Waals surface area contributed by atoms with Gasteiger partial charge in [0.15, 0.2) is 0 Å². The number of benzene rings is 2. The lowest BCUT2D eigenvalue weighted by Crippen LogP contribution is -2.56. The van der Waals surface area contributed by atoms with Crippen molar-refractivity contribution in [3.8, 4) is 0 Å². The molecule has 2 aromatic rings. The van der Waals surface area contributed by atoms with Crippen molar-refractivity contribution in [3.63, 3.8) is 0 Å². The fourth-order valence-corrected chi connectivity index (χ4v) is 6.22. The minimum Gasteiger partial charge on any atom is -0.759 e. The quantitative estimate of drug-likeness (QED) is 0.223. The molecule has 0 heterocycles. The second kappa shape index (κ2) is 14.0. The highest BCUT2D eigenvalue weighted by Crippen LogP contribution is 2.38. The minimum absolute atomic E-state index is 0.0149. The summed E-state index contributed by atoms with van der Waals surface area (Å²) in [5.41, 5.74) is 3.56. The number of nitrogens with zero attached hydrogens (tertiary/aromatic N) is 2. The Morgan fingerprint density at radius 1 is 1.08 bits per heavy atom. The number of hydrogen-bond acceptors (Lipinski definition) is 5. The molecule has 12 heteroatoms. The summed E-state index contributed by atoms with van der Waals surface area (Å²) in [4.78, 5) is 29.3. The number of carbonyl (C=O) groups excluding carboxylic acids is 2. The van der Waals surface area contributed by atoms with E-state index in [2.05, 4.69) is 10.7 Å². The highest BCUT2D eigenvalue weighted by molar-refractivity contribution is 7.76.